The van der Waals surface area contributed by atoms with Gasteiger partial charge in [0.1, 0.15) is 5.60 Å². The van der Waals surface area contributed by atoms with Gasteiger partial charge in [-0.15, -0.1) is 0 Å². The first-order valence-corrected chi connectivity index (χ1v) is 5.12. The van der Waals surface area contributed by atoms with Gasteiger partial charge in [-0.1, -0.05) is 0 Å². The van der Waals surface area contributed by atoms with Crippen molar-refractivity contribution < 1.29 is 14.3 Å². The molecule has 0 unspecified atom stereocenters. The van der Waals surface area contributed by atoms with Crippen LogP contribution in [0.25, 0.3) is 0 Å². The van der Waals surface area contributed by atoms with Crippen LogP contribution in [0.15, 0.2) is 0 Å². The van der Waals surface area contributed by atoms with Crippen LogP contribution in [0.2, 0.25) is 0 Å². The lowest BCUT2D eigenvalue weighted by atomic mass is 10.2. The smallest absolute Gasteiger partial charge is 0.407 e. The Morgan fingerprint density at radius 2 is 1.93 bits per heavy atom. The zero-order valence-electron chi connectivity index (χ0n) is 10.1. The van der Waals surface area contributed by atoms with Crippen LogP contribution < -0.4 is 10.6 Å². The Morgan fingerprint density at radius 3 is 2.47 bits per heavy atom. The summed E-state index contributed by atoms with van der Waals surface area (Å²) in [5.41, 5.74) is -0.432. The first-order chi connectivity index (χ1) is 6.95. The van der Waals surface area contributed by atoms with Gasteiger partial charge in [-0.05, 0) is 33.7 Å². The maximum absolute atomic E-state index is 11.2. The van der Waals surface area contributed by atoms with Crippen LogP contribution >= 0.6 is 0 Å². The molecule has 0 radical (unpaired) electrons. The van der Waals surface area contributed by atoms with Crippen molar-refractivity contribution in [3.8, 4) is 0 Å². The van der Waals surface area contributed by atoms with Crippen molar-refractivity contribution in [3.63, 3.8) is 0 Å². The van der Waals surface area contributed by atoms with Crippen LogP contribution in [0.5, 0.6) is 0 Å². The fourth-order valence-corrected chi connectivity index (χ4v) is 0.892. The highest BCUT2D eigenvalue weighted by molar-refractivity contribution is 5.67. The molecule has 15 heavy (non-hydrogen) atoms. The molecule has 2 N–H and O–H groups in total. The molecule has 0 saturated heterocycles. The highest BCUT2D eigenvalue weighted by atomic mass is 16.6. The molecule has 0 aromatic heterocycles. The van der Waals surface area contributed by atoms with Gasteiger partial charge in [0, 0.05) is 13.7 Å². The van der Waals surface area contributed by atoms with Gasteiger partial charge >= 0.3 is 6.09 Å². The Bertz CT molecular complexity index is 178. The van der Waals surface area contributed by atoms with Crippen LogP contribution in [0, 0.1) is 0 Å². The summed E-state index contributed by atoms with van der Waals surface area (Å²) in [6.07, 6.45) is 0.483. The summed E-state index contributed by atoms with van der Waals surface area (Å²) < 4.78 is 9.88. The van der Waals surface area contributed by atoms with Gasteiger partial charge in [0.25, 0.3) is 0 Å². The molecule has 0 heterocycles. The molecule has 0 aliphatic rings. The lowest BCUT2D eigenvalue weighted by molar-refractivity contribution is 0.0527. The predicted molar refractivity (Wildman–Crippen MR) is 58.7 cm³/mol. The highest BCUT2D eigenvalue weighted by Crippen LogP contribution is 2.06. The summed E-state index contributed by atoms with van der Waals surface area (Å²) in [7, 11) is 1.63. The van der Waals surface area contributed by atoms with Crippen molar-refractivity contribution in [2.24, 2.45) is 0 Å². The van der Waals surface area contributed by atoms with Crippen LogP contribution in [0.4, 0.5) is 4.79 Å². The van der Waals surface area contributed by atoms with Crippen molar-refractivity contribution in [1.82, 2.24) is 10.6 Å². The molecule has 0 rings (SSSR count). The number of carbonyl (C=O) groups excluding carboxylic acids is 1. The number of hydrogen-bond donors (Lipinski definition) is 2. The number of methoxy groups -OCH3 is 1. The molecule has 5 heteroatoms. The average molecular weight is 218 g/mol. The van der Waals surface area contributed by atoms with E-state index in [1.165, 1.54) is 0 Å². The van der Waals surface area contributed by atoms with Gasteiger partial charge in [-0.3, -0.25) is 5.32 Å². The summed E-state index contributed by atoms with van der Waals surface area (Å²) >= 11 is 0. The van der Waals surface area contributed by atoms with E-state index in [-0.39, 0.29) is 6.09 Å². The van der Waals surface area contributed by atoms with Gasteiger partial charge in [-0.2, -0.15) is 0 Å². The largest absolute Gasteiger partial charge is 0.444 e. The van der Waals surface area contributed by atoms with E-state index in [9.17, 15) is 4.79 Å². The number of hydrogen-bond acceptors (Lipinski definition) is 4. The summed E-state index contributed by atoms with van der Waals surface area (Å²) in [5.74, 6) is 0. The van der Waals surface area contributed by atoms with Gasteiger partial charge in [0.2, 0.25) is 0 Å². The topological polar surface area (TPSA) is 59.6 Å². The number of amides is 1. The Kier molecular flexibility index (Phi) is 7.07. The zero-order chi connectivity index (χ0) is 11.7. The van der Waals surface area contributed by atoms with Crippen LogP contribution in [-0.4, -0.2) is 38.6 Å². The van der Waals surface area contributed by atoms with Crippen molar-refractivity contribution >= 4 is 6.09 Å². The van der Waals surface area contributed by atoms with Crippen molar-refractivity contribution in [1.29, 1.82) is 0 Å². The number of alkyl carbamates (subject to hydrolysis) is 1. The van der Waals surface area contributed by atoms with E-state index in [4.69, 9.17) is 9.47 Å². The Balaban J connectivity index is 3.32. The number of ether oxygens (including phenoxy) is 2. The molecule has 0 saturated carbocycles. The summed E-state index contributed by atoms with van der Waals surface area (Å²) in [6, 6.07) is 0. The first kappa shape index (κ1) is 14.2. The molecule has 90 valence electrons. The van der Waals surface area contributed by atoms with E-state index < -0.39 is 5.60 Å². The molecule has 5 nitrogen and oxygen atoms in total. The zero-order valence-corrected chi connectivity index (χ0v) is 10.1. The first-order valence-electron chi connectivity index (χ1n) is 5.12. The van der Waals surface area contributed by atoms with E-state index in [2.05, 4.69) is 10.6 Å². The Labute approximate surface area is 91.5 Å². The number of rotatable bonds is 6. The van der Waals surface area contributed by atoms with Crippen molar-refractivity contribution in [3.05, 3.63) is 0 Å². The maximum atomic E-state index is 11.2. The Hall–Kier alpha value is -0.810. The van der Waals surface area contributed by atoms with Crippen molar-refractivity contribution in [2.75, 3.05) is 26.9 Å². The van der Waals surface area contributed by atoms with Crippen LogP contribution in [0.1, 0.15) is 27.2 Å². The molecule has 1 amide bonds. The molecule has 0 aliphatic carbocycles. The van der Waals surface area contributed by atoms with Crippen molar-refractivity contribution in [2.45, 2.75) is 32.8 Å². The van der Waals surface area contributed by atoms with Crippen LogP contribution in [0.3, 0.4) is 0 Å². The second-order valence-electron chi connectivity index (χ2n) is 4.22. The monoisotopic (exact) mass is 218 g/mol. The molecule has 0 atom stereocenters. The fraction of sp³-hybridized carbons (Fsp3) is 0.900. The van der Waals surface area contributed by atoms with Crippen LogP contribution in [-0.2, 0) is 9.47 Å². The third kappa shape index (κ3) is 11.1. The number of nitrogens with one attached hydrogen (secondary N) is 2. The normalized spacial score (nSPS) is 11.2. The molecular weight excluding hydrogens is 196 g/mol. The van der Waals surface area contributed by atoms with E-state index in [0.717, 1.165) is 13.0 Å². The summed E-state index contributed by atoms with van der Waals surface area (Å²) in [5, 5.41) is 5.72. The van der Waals surface area contributed by atoms with Gasteiger partial charge in [0.15, 0.2) is 0 Å². The highest BCUT2D eigenvalue weighted by Gasteiger charge is 2.15. The van der Waals surface area contributed by atoms with Gasteiger partial charge in [0.05, 0.1) is 6.73 Å². The van der Waals surface area contributed by atoms with Gasteiger partial charge < -0.3 is 14.8 Å². The predicted octanol–water partition coefficient (Wildman–Crippen LogP) is 1.09. The quantitative estimate of drug-likeness (QED) is 0.517. The molecule has 0 aromatic rings. The molecule has 0 bridgehead atoms. The molecule has 0 spiro atoms. The summed E-state index contributed by atoms with van der Waals surface area (Å²) in [6.45, 7) is 7.47. The SMILES string of the molecule is COCNCCCNC(=O)OC(C)(C)C. The maximum Gasteiger partial charge on any atom is 0.407 e. The lowest BCUT2D eigenvalue weighted by Crippen LogP contribution is -2.34. The van der Waals surface area contributed by atoms with E-state index >= 15 is 0 Å². The minimum absolute atomic E-state index is 0.366. The molecular formula is C10H22N2O3. The van der Waals surface area contributed by atoms with Gasteiger partial charge in [-0.25, -0.2) is 4.79 Å². The second-order valence-corrected chi connectivity index (χ2v) is 4.22. The standard InChI is InChI=1S/C10H22N2O3/c1-10(2,3)15-9(13)12-7-5-6-11-8-14-4/h11H,5-8H2,1-4H3,(H,12,13). The molecule has 0 aliphatic heterocycles. The number of carbonyl (C=O) groups is 1. The van der Waals surface area contributed by atoms with E-state index in [1.807, 2.05) is 20.8 Å². The van der Waals surface area contributed by atoms with E-state index in [0.29, 0.717) is 13.3 Å². The Morgan fingerprint density at radius 1 is 1.27 bits per heavy atom. The summed E-state index contributed by atoms with van der Waals surface area (Å²) in [4.78, 5) is 11.2. The minimum Gasteiger partial charge on any atom is -0.444 e. The van der Waals surface area contributed by atoms with E-state index in [1.54, 1.807) is 7.11 Å². The second kappa shape index (κ2) is 7.48. The third-order valence-corrected chi connectivity index (χ3v) is 1.44. The fourth-order valence-electron chi connectivity index (χ4n) is 0.892. The molecule has 0 aromatic carbocycles. The minimum atomic E-state index is -0.432. The average Bonchev–Trinajstić information content (AvgIpc) is 2.08. The lowest BCUT2D eigenvalue weighted by Gasteiger charge is -2.19. The molecule has 0 fully saturated rings. The third-order valence-electron chi connectivity index (χ3n) is 1.44.